The standard InChI is InChI=1S/C19H20N6O2/c26-18-9-7-16(14-4-2-1-3-5-14)23-24(18)11-10-20-19(27)15-6-8-17-21-13-22-25(17)12-15/h1-5,7,9,13,15H,6,8,10-12H2,(H,20,27). The van der Waals surface area contributed by atoms with Crippen molar-refractivity contribution in [2.24, 2.45) is 5.92 Å². The molecule has 8 nitrogen and oxygen atoms in total. The second-order valence-corrected chi connectivity index (χ2v) is 6.53. The van der Waals surface area contributed by atoms with Crippen molar-refractivity contribution < 1.29 is 4.79 Å². The summed E-state index contributed by atoms with van der Waals surface area (Å²) in [6, 6.07) is 12.9. The first-order chi connectivity index (χ1) is 13.2. The first-order valence-corrected chi connectivity index (χ1v) is 8.99. The van der Waals surface area contributed by atoms with E-state index in [1.54, 1.807) is 10.7 Å². The lowest BCUT2D eigenvalue weighted by atomic mass is 9.99. The predicted octanol–water partition coefficient (Wildman–Crippen LogP) is 0.881. The van der Waals surface area contributed by atoms with Crippen molar-refractivity contribution in [2.45, 2.75) is 25.9 Å². The van der Waals surface area contributed by atoms with Crippen LogP contribution in [0.15, 0.2) is 53.6 Å². The quantitative estimate of drug-likeness (QED) is 0.725. The number of fused-ring (bicyclic) bond motifs is 1. The summed E-state index contributed by atoms with van der Waals surface area (Å²) in [5.41, 5.74) is 1.49. The first-order valence-electron chi connectivity index (χ1n) is 8.99. The normalized spacial score (nSPS) is 15.9. The Hall–Kier alpha value is -3.29. The number of nitrogens with zero attached hydrogens (tertiary/aromatic N) is 5. The van der Waals surface area contributed by atoms with E-state index in [4.69, 9.17) is 0 Å². The highest BCUT2D eigenvalue weighted by molar-refractivity contribution is 5.78. The predicted molar refractivity (Wildman–Crippen MR) is 98.8 cm³/mol. The number of benzene rings is 1. The Morgan fingerprint density at radius 2 is 2.04 bits per heavy atom. The molecule has 0 radical (unpaired) electrons. The van der Waals surface area contributed by atoms with Crippen LogP contribution in [-0.2, 0) is 24.3 Å². The number of carbonyl (C=O) groups is 1. The third-order valence-corrected chi connectivity index (χ3v) is 4.74. The average Bonchev–Trinajstić information content (AvgIpc) is 3.18. The molecular formula is C19H20N6O2. The molecule has 1 unspecified atom stereocenters. The molecule has 3 aromatic rings. The highest BCUT2D eigenvalue weighted by atomic mass is 16.2. The van der Waals surface area contributed by atoms with Crippen molar-refractivity contribution in [2.75, 3.05) is 6.54 Å². The monoisotopic (exact) mass is 364 g/mol. The van der Waals surface area contributed by atoms with Gasteiger partial charge in [0.25, 0.3) is 5.56 Å². The summed E-state index contributed by atoms with van der Waals surface area (Å²) in [7, 11) is 0. The molecule has 0 saturated heterocycles. The van der Waals surface area contributed by atoms with Gasteiger partial charge in [-0.3, -0.25) is 9.59 Å². The van der Waals surface area contributed by atoms with E-state index >= 15 is 0 Å². The Kier molecular flexibility index (Phi) is 4.78. The van der Waals surface area contributed by atoms with Gasteiger partial charge >= 0.3 is 0 Å². The molecule has 27 heavy (non-hydrogen) atoms. The van der Waals surface area contributed by atoms with Crippen LogP contribution >= 0.6 is 0 Å². The van der Waals surface area contributed by atoms with Crippen LogP contribution in [0.25, 0.3) is 11.3 Å². The largest absolute Gasteiger partial charge is 0.354 e. The number of carbonyl (C=O) groups excluding carboxylic acids is 1. The Balaban J connectivity index is 1.36. The molecule has 0 fully saturated rings. The number of nitrogens with one attached hydrogen (secondary N) is 1. The molecular weight excluding hydrogens is 344 g/mol. The topological polar surface area (TPSA) is 94.7 Å². The van der Waals surface area contributed by atoms with E-state index in [0.717, 1.165) is 29.9 Å². The molecule has 0 spiro atoms. The van der Waals surface area contributed by atoms with Gasteiger partial charge in [-0.1, -0.05) is 30.3 Å². The molecule has 1 aromatic carbocycles. The zero-order valence-electron chi connectivity index (χ0n) is 14.8. The van der Waals surface area contributed by atoms with Crippen LogP contribution < -0.4 is 10.9 Å². The SMILES string of the molecule is O=C(NCCn1nc(-c2ccccc2)ccc1=O)C1CCc2ncnn2C1. The number of hydrogen-bond acceptors (Lipinski definition) is 5. The maximum atomic E-state index is 12.4. The molecule has 4 rings (SSSR count). The van der Waals surface area contributed by atoms with Crippen LogP contribution in [0, 0.1) is 5.92 Å². The first kappa shape index (κ1) is 17.1. The molecule has 0 saturated carbocycles. The second-order valence-electron chi connectivity index (χ2n) is 6.53. The fourth-order valence-corrected chi connectivity index (χ4v) is 3.25. The van der Waals surface area contributed by atoms with Gasteiger partial charge in [0.15, 0.2) is 0 Å². The number of aromatic nitrogens is 5. The van der Waals surface area contributed by atoms with E-state index in [0.29, 0.717) is 19.6 Å². The number of rotatable bonds is 5. The van der Waals surface area contributed by atoms with Gasteiger partial charge in [0.2, 0.25) is 5.91 Å². The van der Waals surface area contributed by atoms with Gasteiger partial charge in [-0.15, -0.1) is 0 Å². The van der Waals surface area contributed by atoms with Crippen molar-refractivity contribution >= 4 is 5.91 Å². The molecule has 1 N–H and O–H groups in total. The molecule has 138 valence electrons. The van der Waals surface area contributed by atoms with Crippen LogP contribution in [0.3, 0.4) is 0 Å². The van der Waals surface area contributed by atoms with Crippen molar-refractivity contribution in [1.29, 1.82) is 0 Å². The van der Waals surface area contributed by atoms with E-state index in [1.807, 2.05) is 30.3 Å². The molecule has 0 aliphatic carbocycles. The van der Waals surface area contributed by atoms with Gasteiger partial charge in [0, 0.05) is 24.6 Å². The summed E-state index contributed by atoms with van der Waals surface area (Å²) < 4.78 is 3.17. The summed E-state index contributed by atoms with van der Waals surface area (Å²) in [5, 5.41) is 11.5. The van der Waals surface area contributed by atoms with Gasteiger partial charge in [0.1, 0.15) is 12.2 Å². The van der Waals surface area contributed by atoms with Gasteiger partial charge in [0.05, 0.1) is 24.7 Å². The number of amides is 1. The highest BCUT2D eigenvalue weighted by Gasteiger charge is 2.25. The molecule has 1 aliphatic heterocycles. The van der Waals surface area contributed by atoms with Crippen LogP contribution in [0.5, 0.6) is 0 Å². The van der Waals surface area contributed by atoms with E-state index < -0.39 is 0 Å². The third-order valence-electron chi connectivity index (χ3n) is 4.74. The van der Waals surface area contributed by atoms with Crippen LogP contribution in [-0.4, -0.2) is 37.0 Å². The minimum Gasteiger partial charge on any atom is -0.354 e. The summed E-state index contributed by atoms with van der Waals surface area (Å²) in [5.74, 6) is 0.774. The number of hydrogen-bond donors (Lipinski definition) is 1. The van der Waals surface area contributed by atoms with Crippen molar-refractivity contribution in [3.8, 4) is 11.3 Å². The highest BCUT2D eigenvalue weighted by Crippen LogP contribution is 2.17. The maximum absolute atomic E-state index is 12.4. The van der Waals surface area contributed by atoms with Gasteiger partial charge < -0.3 is 5.32 Å². The smallest absolute Gasteiger partial charge is 0.266 e. The lowest BCUT2D eigenvalue weighted by Crippen LogP contribution is -2.38. The molecule has 1 aliphatic rings. The van der Waals surface area contributed by atoms with Crippen molar-refractivity contribution in [3.05, 3.63) is 65.0 Å². The Labute approximate surface area is 155 Å². The Morgan fingerprint density at radius 3 is 2.89 bits per heavy atom. The lowest BCUT2D eigenvalue weighted by Gasteiger charge is -2.21. The summed E-state index contributed by atoms with van der Waals surface area (Å²) in [4.78, 5) is 28.6. The third kappa shape index (κ3) is 3.79. The molecule has 1 amide bonds. The lowest BCUT2D eigenvalue weighted by molar-refractivity contribution is -0.126. The second kappa shape index (κ2) is 7.53. The summed E-state index contributed by atoms with van der Waals surface area (Å²) in [6.07, 6.45) is 3.03. The molecule has 2 aromatic heterocycles. The Morgan fingerprint density at radius 1 is 1.19 bits per heavy atom. The minimum absolute atomic E-state index is 0.0246. The van der Waals surface area contributed by atoms with Crippen molar-refractivity contribution in [1.82, 2.24) is 29.9 Å². The van der Waals surface area contributed by atoms with Gasteiger partial charge in [-0.05, 0) is 12.5 Å². The number of aryl methyl sites for hydroxylation is 1. The van der Waals surface area contributed by atoms with Crippen molar-refractivity contribution in [3.63, 3.8) is 0 Å². The van der Waals surface area contributed by atoms with Gasteiger partial charge in [-0.25, -0.2) is 14.3 Å². The molecule has 1 atom stereocenters. The zero-order chi connectivity index (χ0) is 18.6. The maximum Gasteiger partial charge on any atom is 0.266 e. The Bertz CT molecular complexity index is 995. The van der Waals surface area contributed by atoms with E-state index in [9.17, 15) is 9.59 Å². The van der Waals surface area contributed by atoms with Crippen LogP contribution in [0.2, 0.25) is 0 Å². The summed E-state index contributed by atoms with van der Waals surface area (Å²) >= 11 is 0. The van der Waals surface area contributed by atoms with Gasteiger partial charge in [-0.2, -0.15) is 10.2 Å². The van der Waals surface area contributed by atoms with E-state index in [-0.39, 0.29) is 17.4 Å². The fourth-order valence-electron chi connectivity index (χ4n) is 3.25. The molecule has 0 bridgehead atoms. The molecule has 8 heteroatoms. The molecule has 3 heterocycles. The minimum atomic E-state index is -0.186. The van der Waals surface area contributed by atoms with E-state index in [1.165, 1.54) is 17.1 Å². The fraction of sp³-hybridized carbons (Fsp3) is 0.316. The van der Waals surface area contributed by atoms with Crippen LogP contribution in [0.4, 0.5) is 0 Å². The average molecular weight is 364 g/mol. The zero-order valence-corrected chi connectivity index (χ0v) is 14.8. The summed E-state index contributed by atoms with van der Waals surface area (Å²) in [6.45, 7) is 1.22. The van der Waals surface area contributed by atoms with Crippen LogP contribution in [0.1, 0.15) is 12.2 Å². The van der Waals surface area contributed by atoms with E-state index in [2.05, 4.69) is 20.5 Å².